The van der Waals surface area contributed by atoms with E-state index in [1.807, 2.05) is 26.8 Å². The van der Waals surface area contributed by atoms with Gasteiger partial charge in [-0.15, -0.1) is 0 Å². The number of fused-ring (bicyclic) bond motifs is 1. The zero-order chi connectivity index (χ0) is 13.5. The van der Waals surface area contributed by atoms with Crippen LogP contribution in [0.4, 0.5) is 5.69 Å². The van der Waals surface area contributed by atoms with Gasteiger partial charge in [-0.05, 0) is 48.6 Å². The first-order valence-corrected chi connectivity index (χ1v) is 6.77. The molecule has 0 fully saturated rings. The molecule has 1 heterocycles. The molecule has 1 aromatic rings. The molecular formula is C16H24N2. The van der Waals surface area contributed by atoms with Crippen LogP contribution in [0.5, 0.6) is 0 Å². The molecule has 0 aliphatic carbocycles. The average molecular weight is 244 g/mol. The SMILES string of the molecule is C/C=C(\C=N)c1ccc2c(c1)CCCN2C.CC. The minimum absolute atomic E-state index is 0.996. The first-order valence-electron chi connectivity index (χ1n) is 6.77. The molecule has 0 saturated heterocycles. The Bertz CT molecular complexity index is 433. The molecule has 1 N–H and O–H groups in total. The highest BCUT2D eigenvalue weighted by atomic mass is 15.1. The van der Waals surface area contributed by atoms with Gasteiger partial charge in [0.25, 0.3) is 0 Å². The van der Waals surface area contributed by atoms with E-state index in [0.717, 1.165) is 24.1 Å². The third kappa shape index (κ3) is 3.00. The summed E-state index contributed by atoms with van der Waals surface area (Å²) in [5, 5.41) is 7.37. The van der Waals surface area contributed by atoms with Gasteiger partial charge in [-0.2, -0.15) is 0 Å². The summed E-state index contributed by atoms with van der Waals surface area (Å²) in [6.45, 7) is 7.12. The van der Waals surface area contributed by atoms with Crippen molar-refractivity contribution in [3.8, 4) is 0 Å². The Balaban J connectivity index is 0.000000771. The molecule has 2 heteroatoms. The predicted octanol–water partition coefficient (Wildman–Crippen LogP) is 4.15. The predicted molar refractivity (Wildman–Crippen MR) is 81.8 cm³/mol. The number of anilines is 1. The molecule has 98 valence electrons. The van der Waals surface area contributed by atoms with Crippen LogP contribution in [0.2, 0.25) is 0 Å². The second-order valence-electron chi connectivity index (χ2n) is 4.26. The van der Waals surface area contributed by atoms with Crippen molar-refractivity contribution in [3.05, 3.63) is 35.4 Å². The molecule has 0 saturated carbocycles. The van der Waals surface area contributed by atoms with Crippen LogP contribution in [-0.2, 0) is 6.42 Å². The highest BCUT2D eigenvalue weighted by Crippen LogP contribution is 2.28. The molecular weight excluding hydrogens is 220 g/mol. The van der Waals surface area contributed by atoms with Crippen LogP contribution in [0.3, 0.4) is 0 Å². The number of nitrogens with one attached hydrogen (secondary N) is 1. The summed E-state index contributed by atoms with van der Waals surface area (Å²) in [4.78, 5) is 2.31. The van der Waals surface area contributed by atoms with Crippen LogP contribution < -0.4 is 4.90 Å². The monoisotopic (exact) mass is 244 g/mol. The maximum Gasteiger partial charge on any atom is 0.0396 e. The number of nitrogens with zero attached hydrogens (tertiary/aromatic N) is 1. The third-order valence-corrected chi connectivity index (χ3v) is 3.23. The largest absolute Gasteiger partial charge is 0.374 e. The normalized spacial score (nSPS) is 14.4. The minimum atomic E-state index is 0.996. The number of benzene rings is 1. The lowest BCUT2D eigenvalue weighted by atomic mass is 9.96. The molecule has 0 unspecified atom stereocenters. The quantitative estimate of drug-likeness (QED) is 0.777. The Labute approximate surface area is 111 Å². The van der Waals surface area contributed by atoms with E-state index in [4.69, 9.17) is 5.41 Å². The fourth-order valence-electron chi connectivity index (χ4n) is 2.30. The van der Waals surface area contributed by atoms with Crippen molar-refractivity contribution in [2.24, 2.45) is 0 Å². The number of hydrogen-bond donors (Lipinski definition) is 1. The third-order valence-electron chi connectivity index (χ3n) is 3.23. The molecule has 0 radical (unpaired) electrons. The maximum atomic E-state index is 7.37. The first-order chi connectivity index (χ1) is 8.76. The Morgan fingerprint density at radius 1 is 1.33 bits per heavy atom. The summed E-state index contributed by atoms with van der Waals surface area (Å²) >= 11 is 0. The second kappa shape index (κ2) is 7.00. The fourth-order valence-corrected chi connectivity index (χ4v) is 2.30. The van der Waals surface area contributed by atoms with Crippen LogP contribution in [0.1, 0.15) is 38.3 Å². The highest BCUT2D eigenvalue weighted by molar-refractivity contribution is 6.08. The summed E-state index contributed by atoms with van der Waals surface area (Å²) in [6, 6.07) is 6.52. The van der Waals surface area contributed by atoms with Crippen molar-refractivity contribution in [1.29, 1.82) is 5.41 Å². The zero-order valence-corrected chi connectivity index (χ0v) is 12.0. The number of allylic oxidation sites excluding steroid dienone is 2. The smallest absolute Gasteiger partial charge is 0.0396 e. The van der Waals surface area contributed by atoms with E-state index in [1.165, 1.54) is 23.9 Å². The topological polar surface area (TPSA) is 27.1 Å². The van der Waals surface area contributed by atoms with Crippen molar-refractivity contribution < 1.29 is 0 Å². The molecule has 0 bridgehead atoms. The van der Waals surface area contributed by atoms with Gasteiger partial charge in [0.05, 0.1) is 0 Å². The lowest BCUT2D eigenvalue weighted by molar-refractivity contribution is 0.744. The van der Waals surface area contributed by atoms with Gasteiger partial charge in [0.1, 0.15) is 0 Å². The van der Waals surface area contributed by atoms with Crippen molar-refractivity contribution in [2.75, 3.05) is 18.5 Å². The highest BCUT2D eigenvalue weighted by Gasteiger charge is 2.13. The maximum absolute atomic E-state index is 7.37. The Hall–Kier alpha value is -1.57. The van der Waals surface area contributed by atoms with E-state index >= 15 is 0 Å². The summed E-state index contributed by atoms with van der Waals surface area (Å²) in [5.74, 6) is 0. The van der Waals surface area contributed by atoms with Crippen molar-refractivity contribution in [3.63, 3.8) is 0 Å². The first kappa shape index (κ1) is 14.5. The fraction of sp³-hybridized carbons (Fsp3) is 0.438. The van der Waals surface area contributed by atoms with E-state index in [9.17, 15) is 0 Å². The number of rotatable bonds is 2. The van der Waals surface area contributed by atoms with Crippen molar-refractivity contribution in [2.45, 2.75) is 33.6 Å². The molecule has 1 aromatic carbocycles. The zero-order valence-electron chi connectivity index (χ0n) is 12.0. The number of hydrogen-bond acceptors (Lipinski definition) is 2. The van der Waals surface area contributed by atoms with Crippen LogP contribution in [0.25, 0.3) is 5.57 Å². The van der Waals surface area contributed by atoms with Crippen LogP contribution in [0, 0.1) is 5.41 Å². The molecule has 2 rings (SSSR count). The van der Waals surface area contributed by atoms with Gasteiger partial charge in [0.2, 0.25) is 0 Å². The van der Waals surface area contributed by atoms with Gasteiger partial charge in [-0.3, -0.25) is 0 Å². The molecule has 18 heavy (non-hydrogen) atoms. The van der Waals surface area contributed by atoms with Gasteiger partial charge >= 0.3 is 0 Å². The van der Waals surface area contributed by atoms with E-state index in [2.05, 4.69) is 30.1 Å². The van der Waals surface area contributed by atoms with E-state index in [1.54, 1.807) is 0 Å². The van der Waals surface area contributed by atoms with Gasteiger partial charge in [0, 0.05) is 25.5 Å². The van der Waals surface area contributed by atoms with Crippen molar-refractivity contribution >= 4 is 17.5 Å². The van der Waals surface area contributed by atoms with E-state index < -0.39 is 0 Å². The molecule has 0 amide bonds. The summed E-state index contributed by atoms with van der Waals surface area (Å²) in [5.41, 5.74) is 4.91. The van der Waals surface area contributed by atoms with Crippen molar-refractivity contribution in [1.82, 2.24) is 0 Å². The second-order valence-corrected chi connectivity index (χ2v) is 4.26. The van der Waals surface area contributed by atoms with Gasteiger partial charge in [-0.1, -0.05) is 26.0 Å². The lowest BCUT2D eigenvalue weighted by Crippen LogP contribution is -2.24. The summed E-state index contributed by atoms with van der Waals surface area (Å²) < 4.78 is 0. The van der Waals surface area contributed by atoms with Crippen LogP contribution in [0.15, 0.2) is 24.3 Å². The minimum Gasteiger partial charge on any atom is -0.374 e. The molecule has 1 aliphatic rings. The van der Waals surface area contributed by atoms with Gasteiger partial charge in [0.15, 0.2) is 0 Å². The molecule has 0 spiro atoms. The summed E-state index contributed by atoms with van der Waals surface area (Å²) in [6.07, 6.45) is 5.79. The Kier molecular flexibility index (Phi) is 5.63. The summed E-state index contributed by atoms with van der Waals surface area (Å²) in [7, 11) is 2.14. The van der Waals surface area contributed by atoms with E-state index in [-0.39, 0.29) is 0 Å². The molecule has 1 aliphatic heterocycles. The van der Waals surface area contributed by atoms with E-state index in [0.29, 0.717) is 0 Å². The molecule has 0 aromatic heterocycles. The van der Waals surface area contributed by atoms with Crippen LogP contribution >= 0.6 is 0 Å². The molecule has 0 atom stereocenters. The standard InChI is InChI=1S/C14H18N2.C2H6/c1-3-11(10-15)12-6-7-14-13(9-12)5-4-8-16(14)2;1-2/h3,6-7,9-10,15H,4-5,8H2,1-2H3;1-2H3/b11-3+,15-10?;. The number of aryl methyl sites for hydroxylation is 1. The Morgan fingerprint density at radius 3 is 2.67 bits per heavy atom. The average Bonchev–Trinajstić information content (AvgIpc) is 2.43. The Morgan fingerprint density at radius 2 is 2.06 bits per heavy atom. The van der Waals surface area contributed by atoms with Crippen LogP contribution in [-0.4, -0.2) is 19.8 Å². The lowest BCUT2D eigenvalue weighted by Gasteiger charge is -2.27. The van der Waals surface area contributed by atoms with Gasteiger partial charge in [-0.25, -0.2) is 0 Å². The van der Waals surface area contributed by atoms with Gasteiger partial charge < -0.3 is 10.3 Å². The molecule has 2 nitrogen and oxygen atoms in total.